The van der Waals surface area contributed by atoms with Crippen molar-refractivity contribution in [1.82, 2.24) is 9.97 Å². The van der Waals surface area contributed by atoms with Crippen LogP contribution in [0.2, 0.25) is 0 Å². The standard InChI is InChI=1S/C19H23FN6O3/c20-15-5-1-2-6-16(15)24-7-9-25(10-8-24)19-17(26(27)28)18(22-13-23-19)21-12-14-4-3-11-29-14/h1-2,5-6,13-14H,3-4,7-12H2,(H,21,22,23). The molecule has 0 spiro atoms. The van der Waals surface area contributed by atoms with Gasteiger partial charge in [0.1, 0.15) is 12.1 Å². The molecule has 9 nitrogen and oxygen atoms in total. The molecule has 1 atom stereocenters. The molecule has 0 amide bonds. The van der Waals surface area contributed by atoms with Gasteiger partial charge in [0.05, 0.1) is 16.7 Å². The summed E-state index contributed by atoms with van der Waals surface area (Å²) in [6.45, 7) is 3.27. The van der Waals surface area contributed by atoms with E-state index in [1.807, 2.05) is 9.80 Å². The van der Waals surface area contributed by atoms with Crippen molar-refractivity contribution < 1.29 is 14.1 Å². The molecule has 0 radical (unpaired) electrons. The molecule has 1 N–H and O–H groups in total. The molecule has 10 heteroatoms. The SMILES string of the molecule is O=[N+]([O-])c1c(NCC2CCCO2)ncnc1N1CCN(c2ccccc2F)CC1. The Morgan fingerprint density at radius 2 is 1.97 bits per heavy atom. The van der Waals surface area contributed by atoms with Gasteiger partial charge < -0.3 is 19.9 Å². The summed E-state index contributed by atoms with van der Waals surface area (Å²) in [5.41, 5.74) is 0.410. The molecule has 154 valence electrons. The fourth-order valence-electron chi connectivity index (χ4n) is 3.78. The minimum atomic E-state index is -0.448. The molecular weight excluding hydrogens is 379 g/mol. The Labute approximate surface area is 167 Å². The highest BCUT2D eigenvalue weighted by molar-refractivity contribution is 5.70. The van der Waals surface area contributed by atoms with Crippen molar-refractivity contribution in [3.05, 3.63) is 46.5 Å². The third kappa shape index (κ3) is 4.21. The number of nitrogens with one attached hydrogen (secondary N) is 1. The van der Waals surface area contributed by atoms with Crippen LogP contribution in [0.5, 0.6) is 0 Å². The van der Waals surface area contributed by atoms with E-state index in [-0.39, 0.29) is 29.2 Å². The van der Waals surface area contributed by atoms with Gasteiger partial charge in [0, 0.05) is 39.3 Å². The van der Waals surface area contributed by atoms with E-state index in [4.69, 9.17) is 4.74 Å². The minimum absolute atomic E-state index is 0.0392. The quantitative estimate of drug-likeness (QED) is 0.581. The van der Waals surface area contributed by atoms with Crippen molar-refractivity contribution in [2.45, 2.75) is 18.9 Å². The van der Waals surface area contributed by atoms with E-state index in [1.54, 1.807) is 18.2 Å². The van der Waals surface area contributed by atoms with E-state index < -0.39 is 4.92 Å². The second-order valence-corrected chi connectivity index (χ2v) is 7.09. The topological polar surface area (TPSA) is 96.7 Å². The minimum Gasteiger partial charge on any atom is -0.376 e. The number of benzene rings is 1. The molecule has 2 aliphatic heterocycles. The molecule has 2 aliphatic rings. The number of para-hydroxylation sites is 1. The lowest BCUT2D eigenvalue weighted by atomic mass is 10.2. The molecular formula is C19H23FN6O3. The van der Waals surface area contributed by atoms with Crippen molar-refractivity contribution in [3.8, 4) is 0 Å². The van der Waals surface area contributed by atoms with E-state index in [1.165, 1.54) is 12.4 Å². The number of nitro groups is 1. The number of piperazine rings is 1. The van der Waals surface area contributed by atoms with Crippen molar-refractivity contribution in [1.29, 1.82) is 0 Å². The summed E-state index contributed by atoms with van der Waals surface area (Å²) >= 11 is 0. The molecule has 3 heterocycles. The molecule has 1 aromatic heterocycles. The first-order valence-corrected chi connectivity index (χ1v) is 9.73. The van der Waals surface area contributed by atoms with Gasteiger partial charge in [-0.25, -0.2) is 14.4 Å². The van der Waals surface area contributed by atoms with Gasteiger partial charge in [0.25, 0.3) is 0 Å². The van der Waals surface area contributed by atoms with Gasteiger partial charge in [-0.05, 0) is 25.0 Å². The Kier molecular flexibility index (Phi) is 5.70. The molecule has 2 fully saturated rings. The third-order valence-corrected chi connectivity index (χ3v) is 5.28. The normalized spacial score (nSPS) is 19.4. The second kappa shape index (κ2) is 8.56. The zero-order chi connectivity index (χ0) is 20.2. The van der Waals surface area contributed by atoms with Crippen molar-refractivity contribution in [3.63, 3.8) is 0 Å². The van der Waals surface area contributed by atoms with Gasteiger partial charge in [-0.1, -0.05) is 12.1 Å². The van der Waals surface area contributed by atoms with Crippen LogP contribution in [0.1, 0.15) is 12.8 Å². The Balaban J connectivity index is 1.49. The number of hydrogen-bond acceptors (Lipinski definition) is 8. The lowest BCUT2D eigenvalue weighted by Gasteiger charge is -2.36. The van der Waals surface area contributed by atoms with Crippen LogP contribution in [0.4, 0.5) is 27.4 Å². The van der Waals surface area contributed by atoms with Crippen LogP contribution in [0, 0.1) is 15.9 Å². The van der Waals surface area contributed by atoms with E-state index in [0.717, 1.165) is 19.4 Å². The highest BCUT2D eigenvalue weighted by Gasteiger charge is 2.30. The van der Waals surface area contributed by atoms with Gasteiger partial charge in [-0.2, -0.15) is 0 Å². The van der Waals surface area contributed by atoms with Crippen molar-refractivity contribution >= 4 is 23.0 Å². The number of halogens is 1. The van der Waals surface area contributed by atoms with Gasteiger partial charge in [0.15, 0.2) is 0 Å². The van der Waals surface area contributed by atoms with Crippen LogP contribution < -0.4 is 15.1 Å². The maximum atomic E-state index is 14.0. The summed E-state index contributed by atoms with van der Waals surface area (Å²) in [6, 6.07) is 6.63. The van der Waals surface area contributed by atoms with E-state index in [2.05, 4.69) is 15.3 Å². The fraction of sp³-hybridized carbons (Fsp3) is 0.474. The number of aromatic nitrogens is 2. The first-order chi connectivity index (χ1) is 14.1. The van der Waals surface area contributed by atoms with E-state index >= 15 is 0 Å². The van der Waals surface area contributed by atoms with Crippen LogP contribution in [0.15, 0.2) is 30.6 Å². The highest BCUT2D eigenvalue weighted by atomic mass is 19.1. The van der Waals surface area contributed by atoms with Gasteiger partial charge in [-0.15, -0.1) is 0 Å². The predicted octanol–water partition coefficient (Wildman–Crippen LogP) is 2.44. The average molecular weight is 402 g/mol. The summed E-state index contributed by atoms with van der Waals surface area (Å²) in [4.78, 5) is 23.4. The van der Waals surface area contributed by atoms with E-state index in [0.29, 0.717) is 38.4 Å². The first-order valence-electron chi connectivity index (χ1n) is 9.73. The lowest BCUT2D eigenvalue weighted by Crippen LogP contribution is -2.47. The number of ether oxygens (including phenoxy) is 1. The van der Waals surface area contributed by atoms with Gasteiger partial charge >= 0.3 is 5.69 Å². The smallest absolute Gasteiger partial charge is 0.353 e. The number of hydrogen-bond donors (Lipinski definition) is 1. The number of nitrogens with zero attached hydrogens (tertiary/aromatic N) is 5. The first kappa shape index (κ1) is 19.3. The van der Waals surface area contributed by atoms with Crippen LogP contribution in [-0.4, -0.2) is 60.3 Å². The monoisotopic (exact) mass is 402 g/mol. The van der Waals surface area contributed by atoms with Gasteiger partial charge in [0.2, 0.25) is 11.6 Å². The maximum Gasteiger partial charge on any atom is 0.353 e. The number of rotatable bonds is 6. The summed E-state index contributed by atoms with van der Waals surface area (Å²) in [5.74, 6) is 0.217. The fourth-order valence-corrected chi connectivity index (χ4v) is 3.78. The van der Waals surface area contributed by atoms with Crippen LogP contribution in [0.3, 0.4) is 0 Å². The molecule has 1 unspecified atom stereocenters. The zero-order valence-corrected chi connectivity index (χ0v) is 16.0. The summed E-state index contributed by atoms with van der Waals surface area (Å²) in [7, 11) is 0. The second-order valence-electron chi connectivity index (χ2n) is 7.09. The van der Waals surface area contributed by atoms with Crippen LogP contribution in [-0.2, 0) is 4.74 Å². The number of anilines is 3. The average Bonchev–Trinajstić information content (AvgIpc) is 3.26. The Hall–Kier alpha value is -3.01. The van der Waals surface area contributed by atoms with Crippen LogP contribution >= 0.6 is 0 Å². The molecule has 0 bridgehead atoms. The highest BCUT2D eigenvalue weighted by Crippen LogP contribution is 2.33. The Morgan fingerprint density at radius 3 is 2.66 bits per heavy atom. The van der Waals surface area contributed by atoms with E-state index in [9.17, 15) is 14.5 Å². The molecule has 4 rings (SSSR count). The summed E-state index contributed by atoms with van der Waals surface area (Å²) in [5, 5.41) is 14.8. The molecule has 2 saturated heterocycles. The van der Waals surface area contributed by atoms with Crippen molar-refractivity contribution in [2.75, 3.05) is 54.4 Å². The molecule has 0 aliphatic carbocycles. The molecule has 29 heavy (non-hydrogen) atoms. The largest absolute Gasteiger partial charge is 0.376 e. The molecule has 2 aromatic rings. The molecule has 0 saturated carbocycles. The summed E-state index contributed by atoms with van der Waals surface area (Å²) < 4.78 is 19.6. The Bertz CT molecular complexity index is 869. The zero-order valence-electron chi connectivity index (χ0n) is 16.0. The maximum absolute atomic E-state index is 14.0. The Morgan fingerprint density at radius 1 is 1.21 bits per heavy atom. The summed E-state index contributed by atoms with van der Waals surface area (Å²) in [6.07, 6.45) is 3.30. The lowest BCUT2D eigenvalue weighted by molar-refractivity contribution is -0.383. The van der Waals surface area contributed by atoms with Gasteiger partial charge in [-0.3, -0.25) is 10.1 Å². The van der Waals surface area contributed by atoms with Crippen molar-refractivity contribution in [2.24, 2.45) is 0 Å². The predicted molar refractivity (Wildman–Crippen MR) is 107 cm³/mol. The van der Waals surface area contributed by atoms with Crippen LogP contribution in [0.25, 0.3) is 0 Å². The third-order valence-electron chi connectivity index (χ3n) is 5.28. The molecule has 1 aromatic carbocycles.